The van der Waals surface area contributed by atoms with Gasteiger partial charge in [0.1, 0.15) is 11.5 Å². The van der Waals surface area contributed by atoms with Gasteiger partial charge in [-0.15, -0.1) is 0 Å². The highest BCUT2D eigenvalue weighted by Crippen LogP contribution is 2.30. The van der Waals surface area contributed by atoms with Crippen molar-refractivity contribution in [2.45, 2.75) is 50.7 Å². The number of aliphatic carboxylic acids is 1. The monoisotopic (exact) mass is 458 g/mol. The third kappa shape index (κ3) is 5.88. The first kappa shape index (κ1) is 23.8. The molecule has 3 atom stereocenters. The van der Waals surface area contributed by atoms with Gasteiger partial charge in [0, 0.05) is 32.4 Å². The number of ether oxygens (including phenoxy) is 1. The predicted octanol–water partition coefficient (Wildman–Crippen LogP) is 2.12. The minimum absolute atomic E-state index is 0.0194. The molecule has 2 aliphatic heterocycles. The Kier molecular flexibility index (Phi) is 7.24. The predicted molar refractivity (Wildman–Crippen MR) is 105 cm³/mol. The summed E-state index contributed by atoms with van der Waals surface area (Å²) >= 11 is 0. The lowest BCUT2D eigenvalue weighted by Crippen LogP contribution is -2.47. The Morgan fingerprint density at radius 3 is 2.62 bits per heavy atom. The van der Waals surface area contributed by atoms with E-state index in [9.17, 15) is 18.0 Å². The SMILES string of the molecule is Cc1ccc(CN2C[C@@H](NC(=O)c3cnn(C)c3)[C@@H]3OCCC[C@@H]32)o1.O=C(O)C(F)(F)F. The normalized spacial score (nSPS) is 23.2. The summed E-state index contributed by atoms with van der Waals surface area (Å²) in [5.74, 6) is -0.970. The molecule has 2 aliphatic rings. The van der Waals surface area contributed by atoms with Crippen LogP contribution in [0.5, 0.6) is 0 Å². The van der Waals surface area contributed by atoms with Crippen molar-refractivity contribution in [3.05, 3.63) is 41.6 Å². The smallest absolute Gasteiger partial charge is 0.475 e. The van der Waals surface area contributed by atoms with Crippen molar-refractivity contribution < 1.29 is 37.0 Å². The zero-order valence-corrected chi connectivity index (χ0v) is 17.6. The molecule has 0 aromatic carbocycles. The van der Waals surface area contributed by atoms with Crippen LogP contribution in [0, 0.1) is 6.92 Å². The van der Waals surface area contributed by atoms with E-state index in [-0.39, 0.29) is 18.1 Å². The number of carboxylic acids is 1. The van der Waals surface area contributed by atoms with Gasteiger partial charge in [0.2, 0.25) is 0 Å². The number of fused-ring (bicyclic) bond motifs is 1. The molecule has 2 aromatic heterocycles. The number of alkyl halides is 3. The van der Waals surface area contributed by atoms with Crippen LogP contribution in [0.25, 0.3) is 0 Å². The first-order chi connectivity index (χ1) is 15.0. The number of nitrogens with one attached hydrogen (secondary N) is 1. The molecule has 4 heterocycles. The number of hydrogen-bond acceptors (Lipinski definition) is 6. The van der Waals surface area contributed by atoms with Crippen LogP contribution in [-0.4, -0.2) is 69.2 Å². The molecule has 0 unspecified atom stereocenters. The maximum Gasteiger partial charge on any atom is 0.490 e. The molecule has 1 amide bonds. The van der Waals surface area contributed by atoms with Crippen molar-refractivity contribution in [2.75, 3.05) is 13.2 Å². The second kappa shape index (κ2) is 9.74. The number of likely N-dealkylation sites (tertiary alicyclic amines) is 1. The molecule has 2 fully saturated rings. The fraction of sp³-hybridized carbons (Fsp3) is 0.550. The number of aromatic nitrogens is 2. The number of furan rings is 1. The van der Waals surface area contributed by atoms with Crippen molar-refractivity contribution in [1.29, 1.82) is 0 Å². The molecule has 0 saturated carbocycles. The van der Waals surface area contributed by atoms with Crippen LogP contribution in [0.1, 0.15) is 34.7 Å². The van der Waals surface area contributed by atoms with E-state index in [2.05, 4.69) is 15.3 Å². The van der Waals surface area contributed by atoms with Crippen molar-refractivity contribution >= 4 is 11.9 Å². The third-order valence-electron chi connectivity index (χ3n) is 5.31. The van der Waals surface area contributed by atoms with Crippen molar-refractivity contribution in [2.24, 2.45) is 7.05 Å². The van der Waals surface area contributed by atoms with Crippen molar-refractivity contribution in [3.8, 4) is 0 Å². The summed E-state index contributed by atoms with van der Waals surface area (Å²) < 4.78 is 45.1. The van der Waals surface area contributed by atoms with Crippen molar-refractivity contribution in [1.82, 2.24) is 20.0 Å². The average molecular weight is 458 g/mol. The number of carbonyl (C=O) groups is 2. The first-order valence-electron chi connectivity index (χ1n) is 10.0. The van der Waals surface area contributed by atoms with E-state index >= 15 is 0 Å². The average Bonchev–Trinajstić information content (AvgIpc) is 3.42. The number of nitrogens with zero attached hydrogens (tertiary/aromatic N) is 3. The maximum atomic E-state index is 12.5. The van der Waals surface area contributed by atoms with Crippen LogP contribution in [0.3, 0.4) is 0 Å². The largest absolute Gasteiger partial charge is 0.490 e. The Morgan fingerprint density at radius 1 is 1.34 bits per heavy atom. The van der Waals surface area contributed by atoms with Crippen molar-refractivity contribution in [3.63, 3.8) is 0 Å². The summed E-state index contributed by atoms with van der Waals surface area (Å²) in [6.07, 6.45) is 0.409. The third-order valence-corrected chi connectivity index (χ3v) is 5.31. The number of carboxylic acid groups (broad SMARTS) is 1. The number of hydrogen-bond donors (Lipinski definition) is 2. The standard InChI is InChI=1S/C18H24N4O3.C2HF3O2/c1-12-5-6-14(25-12)10-22-11-15(17-16(22)4-3-7-24-17)20-18(23)13-8-19-21(2)9-13;3-2(4,5)1(6)7/h5-6,8-9,15-17H,3-4,7,10-11H2,1-2H3,(H,20,23);(H,6,7)/t15-,16+,17+;/m1./s1. The quantitative estimate of drug-likeness (QED) is 0.722. The summed E-state index contributed by atoms with van der Waals surface area (Å²) in [6, 6.07) is 4.31. The van der Waals surface area contributed by atoms with Crippen LogP contribution in [0.2, 0.25) is 0 Å². The van der Waals surface area contributed by atoms with Gasteiger partial charge in [-0.1, -0.05) is 0 Å². The van der Waals surface area contributed by atoms with E-state index < -0.39 is 12.1 Å². The van der Waals surface area contributed by atoms with Gasteiger partial charge in [0.05, 0.1) is 30.5 Å². The van der Waals surface area contributed by atoms with E-state index in [0.29, 0.717) is 11.6 Å². The molecule has 0 aliphatic carbocycles. The Morgan fingerprint density at radius 2 is 2.06 bits per heavy atom. The van der Waals surface area contributed by atoms with Crippen LogP contribution >= 0.6 is 0 Å². The van der Waals surface area contributed by atoms with Gasteiger partial charge < -0.3 is 19.6 Å². The molecule has 2 aromatic rings. The molecule has 9 nitrogen and oxygen atoms in total. The van der Waals surface area contributed by atoms with Gasteiger partial charge in [0.25, 0.3) is 5.91 Å². The lowest BCUT2D eigenvalue weighted by Gasteiger charge is -2.32. The lowest BCUT2D eigenvalue weighted by molar-refractivity contribution is -0.192. The number of carbonyl (C=O) groups excluding carboxylic acids is 1. The maximum absolute atomic E-state index is 12.5. The molecule has 0 radical (unpaired) electrons. The number of amides is 1. The van der Waals surface area contributed by atoms with Gasteiger partial charge >= 0.3 is 12.1 Å². The second-order valence-corrected chi connectivity index (χ2v) is 7.77. The summed E-state index contributed by atoms with van der Waals surface area (Å²) in [5.41, 5.74) is 0.579. The van der Waals surface area contributed by atoms with Crippen LogP contribution < -0.4 is 5.32 Å². The first-order valence-corrected chi connectivity index (χ1v) is 10.0. The van der Waals surface area contributed by atoms with E-state index in [1.807, 2.05) is 19.1 Å². The fourth-order valence-electron chi connectivity index (χ4n) is 3.92. The zero-order chi connectivity index (χ0) is 23.5. The molecule has 176 valence electrons. The fourth-order valence-corrected chi connectivity index (χ4v) is 3.92. The molecule has 4 rings (SSSR count). The van der Waals surface area contributed by atoms with E-state index in [4.69, 9.17) is 19.1 Å². The second-order valence-electron chi connectivity index (χ2n) is 7.77. The minimum Gasteiger partial charge on any atom is -0.475 e. The number of rotatable bonds is 4. The number of halogens is 3. The molecular weight excluding hydrogens is 433 g/mol. The Bertz CT molecular complexity index is 942. The molecule has 2 N–H and O–H groups in total. The summed E-state index contributed by atoms with van der Waals surface area (Å²) in [5, 5.41) is 14.3. The summed E-state index contributed by atoms with van der Waals surface area (Å²) in [6.45, 7) is 4.23. The van der Waals surface area contributed by atoms with Crippen LogP contribution in [-0.2, 0) is 23.1 Å². The molecule has 12 heteroatoms. The van der Waals surface area contributed by atoms with E-state index in [1.165, 1.54) is 0 Å². The number of aryl methyl sites for hydroxylation is 2. The zero-order valence-electron chi connectivity index (χ0n) is 17.6. The highest BCUT2D eigenvalue weighted by Gasteiger charge is 2.44. The topological polar surface area (TPSA) is 110 Å². The van der Waals surface area contributed by atoms with E-state index in [0.717, 1.165) is 44.1 Å². The Balaban J connectivity index is 0.000000360. The van der Waals surface area contributed by atoms with Gasteiger partial charge in [0.15, 0.2) is 0 Å². The van der Waals surface area contributed by atoms with E-state index in [1.54, 1.807) is 24.1 Å². The van der Waals surface area contributed by atoms with Crippen LogP contribution in [0.4, 0.5) is 13.2 Å². The highest BCUT2D eigenvalue weighted by atomic mass is 19.4. The van der Waals surface area contributed by atoms with Gasteiger partial charge in [-0.05, 0) is 31.9 Å². The molecule has 0 bridgehead atoms. The Labute approximate surface area is 182 Å². The summed E-state index contributed by atoms with van der Waals surface area (Å²) in [7, 11) is 1.81. The van der Waals surface area contributed by atoms with Gasteiger partial charge in [-0.25, -0.2) is 4.79 Å². The molecule has 2 saturated heterocycles. The molecule has 32 heavy (non-hydrogen) atoms. The Hall–Kier alpha value is -2.86. The van der Waals surface area contributed by atoms with Crippen LogP contribution in [0.15, 0.2) is 28.9 Å². The minimum atomic E-state index is -5.08. The molecular formula is C20H25F3N4O5. The summed E-state index contributed by atoms with van der Waals surface area (Å²) in [4.78, 5) is 23.8. The van der Waals surface area contributed by atoms with Gasteiger partial charge in [-0.2, -0.15) is 18.3 Å². The lowest BCUT2D eigenvalue weighted by atomic mass is 10.0. The molecule has 0 spiro atoms. The highest BCUT2D eigenvalue weighted by molar-refractivity contribution is 5.94. The van der Waals surface area contributed by atoms with Gasteiger partial charge in [-0.3, -0.25) is 14.4 Å².